The van der Waals surface area contributed by atoms with Gasteiger partial charge in [-0.15, -0.1) is 0 Å². The maximum Gasteiger partial charge on any atom is -0.00160 e. The van der Waals surface area contributed by atoms with Crippen molar-refractivity contribution in [3.8, 4) is 0 Å². The molecule has 1 heteroatoms. The minimum Gasteiger partial charge on any atom is -0.307 e. The van der Waals surface area contributed by atoms with Crippen LogP contribution in [0.15, 0.2) is 54.6 Å². The lowest BCUT2D eigenvalue weighted by Crippen LogP contribution is -2.21. The number of benzene rings is 2. The van der Waals surface area contributed by atoms with Crippen LogP contribution >= 0.6 is 0 Å². The SMILES string of the molecule is CCN(C)CCC(Cc1ccccc1C)c1ccccc1. The summed E-state index contributed by atoms with van der Waals surface area (Å²) >= 11 is 0. The number of rotatable bonds is 7. The summed E-state index contributed by atoms with van der Waals surface area (Å²) in [6.07, 6.45) is 2.34. The largest absolute Gasteiger partial charge is 0.307 e. The first-order chi connectivity index (χ1) is 10.2. The Bertz CT molecular complexity index is 533. The standard InChI is InChI=1S/C20H27N/c1-4-21(3)15-14-20(18-11-6-5-7-12-18)16-19-13-9-8-10-17(19)2/h5-13,20H,4,14-16H2,1-3H3. The maximum absolute atomic E-state index is 2.40. The monoisotopic (exact) mass is 281 g/mol. The molecular formula is C20H27N. The van der Waals surface area contributed by atoms with Crippen LogP contribution in [0.5, 0.6) is 0 Å². The average molecular weight is 281 g/mol. The Hall–Kier alpha value is -1.60. The zero-order valence-corrected chi connectivity index (χ0v) is 13.5. The molecule has 0 amide bonds. The van der Waals surface area contributed by atoms with Crippen molar-refractivity contribution < 1.29 is 0 Å². The van der Waals surface area contributed by atoms with Crippen LogP contribution in [-0.2, 0) is 6.42 Å². The van der Waals surface area contributed by atoms with Crippen molar-refractivity contribution in [1.29, 1.82) is 0 Å². The van der Waals surface area contributed by atoms with Crippen molar-refractivity contribution in [2.75, 3.05) is 20.1 Å². The second kappa shape index (κ2) is 7.99. The van der Waals surface area contributed by atoms with Gasteiger partial charge < -0.3 is 4.90 Å². The van der Waals surface area contributed by atoms with Crippen LogP contribution in [0.1, 0.15) is 36.0 Å². The summed E-state index contributed by atoms with van der Waals surface area (Å²) in [5.74, 6) is 0.598. The van der Waals surface area contributed by atoms with Gasteiger partial charge in [0.25, 0.3) is 0 Å². The third kappa shape index (κ3) is 4.71. The van der Waals surface area contributed by atoms with Gasteiger partial charge in [0.15, 0.2) is 0 Å². The summed E-state index contributed by atoms with van der Waals surface area (Å²) in [6.45, 7) is 6.71. The van der Waals surface area contributed by atoms with E-state index in [9.17, 15) is 0 Å². The van der Waals surface area contributed by atoms with E-state index in [1.807, 2.05) is 0 Å². The van der Waals surface area contributed by atoms with Gasteiger partial charge in [0.05, 0.1) is 0 Å². The molecule has 112 valence electrons. The normalized spacial score (nSPS) is 12.6. The fourth-order valence-corrected chi connectivity index (χ4v) is 2.75. The smallest absolute Gasteiger partial charge is 0.00160 e. The first kappa shape index (κ1) is 15.8. The molecule has 1 nitrogen and oxygen atoms in total. The van der Waals surface area contributed by atoms with E-state index >= 15 is 0 Å². The van der Waals surface area contributed by atoms with Gasteiger partial charge in [-0.3, -0.25) is 0 Å². The van der Waals surface area contributed by atoms with E-state index in [1.54, 1.807) is 0 Å². The van der Waals surface area contributed by atoms with Crippen LogP contribution in [0.4, 0.5) is 0 Å². The zero-order valence-electron chi connectivity index (χ0n) is 13.5. The molecule has 0 radical (unpaired) electrons. The summed E-state index contributed by atoms with van der Waals surface area (Å²) in [7, 11) is 2.20. The van der Waals surface area contributed by atoms with Gasteiger partial charge in [-0.1, -0.05) is 61.5 Å². The first-order valence-corrected chi connectivity index (χ1v) is 7.98. The van der Waals surface area contributed by atoms with Crippen molar-refractivity contribution in [2.24, 2.45) is 0 Å². The van der Waals surface area contributed by atoms with E-state index in [2.05, 4.69) is 80.4 Å². The van der Waals surface area contributed by atoms with Crippen LogP contribution in [0.3, 0.4) is 0 Å². The van der Waals surface area contributed by atoms with Crippen molar-refractivity contribution in [3.63, 3.8) is 0 Å². The predicted octanol–water partition coefficient (Wildman–Crippen LogP) is 4.66. The van der Waals surface area contributed by atoms with Crippen LogP contribution < -0.4 is 0 Å². The molecule has 0 aliphatic heterocycles. The first-order valence-electron chi connectivity index (χ1n) is 7.98. The maximum atomic E-state index is 2.40. The fourth-order valence-electron chi connectivity index (χ4n) is 2.75. The number of hydrogen-bond donors (Lipinski definition) is 0. The Morgan fingerprint density at radius 1 is 0.952 bits per heavy atom. The molecule has 0 heterocycles. The van der Waals surface area contributed by atoms with Crippen LogP contribution in [0.2, 0.25) is 0 Å². The van der Waals surface area contributed by atoms with Crippen LogP contribution in [0.25, 0.3) is 0 Å². The van der Waals surface area contributed by atoms with Crippen molar-refractivity contribution in [1.82, 2.24) is 4.90 Å². The highest BCUT2D eigenvalue weighted by Gasteiger charge is 2.14. The molecular weight excluding hydrogens is 254 g/mol. The van der Waals surface area contributed by atoms with E-state index in [0.717, 1.165) is 19.5 Å². The summed E-state index contributed by atoms with van der Waals surface area (Å²) in [4.78, 5) is 2.40. The van der Waals surface area contributed by atoms with E-state index in [-0.39, 0.29) is 0 Å². The molecule has 0 bridgehead atoms. The minimum atomic E-state index is 0.598. The lowest BCUT2D eigenvalue weighted by atomic mass is 9.88. The molecule has 2 aromatic rings. The Balaban J connectivity index is 2.14. The predicted molar refractivity (Wildman–Crippen MR) is 91.9 cm³/mol. The van der Waals surface area contributed by atoms with Gasteiger partial charge in [0, 0.05) is 0 Å². The highest BCUT2D eigenvalue weighted by molar-refractivity contribution is 5.29. The van der Waals surface area contributed by atoms with Gasteiger partial charge in [-0.2, -0.15) is 0 Å². The van der Waals surface area contributed by atoms with Gasteiger partial charge in [0.1, 0.15) is 0 Å². The molecule has 21 heavy (non-hydrogen) atoms. The molecule has 0 saturated heterocycles. The Labute approximate surface area is 129 Å². The molecule has 0 saturated carbocycles. The van der Waals surface area contributed by atoms with E-state index in [4.69, 9.17) is 0 Å². The third-order valence-electron chi connectivity index (χ3n) is 4.40. The molecule has 0 spiro atoms. The summed E-state index contributed by atoms with van der Waals surface area (Å²) in [6, 6.07) is 19.7. The molecule has 0 aliphatic carbocycles. The molecule has 0 aromatic heterocycles. The molecule has 0 N–H and O–H groups in total. The minimum absolute atomic E-state index is 0.598. The molecule has 2 rings (SSSR count). The summed E-state index contributed by atoms with van der Waals surface area (Å²) < 4.78 is 0. The number of aryl methyl sites for hydroxylation is 1. The van der Waals surface area contributed by atoms with Crippen molar-refractivity contribution in [2.45, 2.75) is 32.6 Å². The summed E-state index contributed by atoms with van der Waals surface area (Å²) in [5, 5.41) is 0. The average Bonchev–Trinajstić information content (AvgIpc) is 2.53. The van der Waals surface area contributed by atoms with Gasteiger partial charge in [-0.25, -0.2) is 0 Å². The quantitative estimate of drug-likeness (QED) is 0.713. The molecule has 2 aromatic carbocycles. The zero-order chi connectivity index (χ0) is 15.1. The van der Waals surface area contributed by atoms with Crippen LogP contribution in [0, 0.1) is 6.92 Å². The fraction of sp³-hybridized carbons (Fsp3) is 0.400. The van der Waals surface area contributed by atoms with Crippen molar-refractivity contribution in [3.05, 3.63) is 71.3 Å². The number of hydrogen-bond acceptors (Lipinski definition) is 1. The Morgan fingerprint density at radius 2 is 1.62 bits per heavy atom. The highest BCUT2D eigenvalue weighted by atomic mass is 15.1. The molecule has 0 fully saturated rings. The topological polar surface area (TPSA) is 3.24 Å². The molecule has 1 unspecified atom stereocenters. The second-order valence-electron chi connectivity index (χ2n) is 5.92. The lowest BCUT2D eigenvalue weighted by Gasteiger charge is -2.22. The Kier molecular flexibility index (Phi) is 6.01. The Morgan fingerprint density at radius 3 is 2.29 bits per heavy atom. The lowest BCUT2D eigenvalue weighted by molar-refractivity contribution is 0.333. The molecule has 1 atom stereocenters. The second-order valence-corrected chi connectivity index (χ2v) is 5.92. The number of nitrogens with zero attached hydrogens (tertiary/aromatic N) is 1. The van der Waals surface area contributed by atoms with Gasteiger partial charge in [0.2, 0.25) is 0 Å². The molecule has 0 aliphatic rings. The van der Waals surface area contributed by atoms with Crippen LogP contribution in [-0.4, -0.2) is 25.0 Å². The van der Waals surface area contributed by atoms with E-state index in [1.165, 1.54) is 23.1 Å². The summed E-state index contributed by atoms with van der Waals surface area (Å²) in [5.41, 5.74) is 4.35. The van der Waals surface area contributed by atoms with Gasteiger partial charge >= 0.3 is 0 Å². The van der Waals surface area contributed by atoms with E-state index < -0.39 is 0 Å². The van der Waals surface area contributed by atoms with Gasteiger partial charge in [-0.05, 0) is 62.5 Å². The highest BCUT2D eigenvalue weighted by Crippen LogP contribution is 2.26. The third-order valence-corrected chi connectivity index (χ3v) is 4.40. The van der Waals surface area contributed by atoms with E-state index in [0.29, 0.717) is 5.92 Å². The van der Waals surface area contributed by atoms with Crippen molar-refractivity contribution >= 4 is 0 Å².